The van der Waals surface area contributed by atoms with Crippen LogP contribution >= 0.6 is 19.8 Å². The minimum atomic E-state index is -0.651. The summed E-state index contributed by atoms with van der Waals surface area (Å²) >= 11 is -0.651. The van der Waals surface area contributed by atoms with Gasteiger partial charge in [-0.05, 0) is 0 Å². The van der Waals surface area contributed by atoms with Crippen molar-refractivity contribution in [2.75, 3.05) is 15.9 Å². The zero-order chi connectivity index (χ0) is 8.20. The van der Waals surface area contributed by atoms with Crippen LogP contribution in [-0.2, 0) is 0 Å². The van der Waals surface area contributed by atoms with E-state index in [4.69, 9.17) is 5.73 Å². The maximum absolute atomic E-state index is 5.53. The molecule has 0 amide bonds. The van der Waals surface area contributed by atoms with E-state index >= 15 is 0 Å². The molecular weight excluding hydrogens is 237 g/mol. The van der Waals surface area contributed by atoms with Crippen LogP contribution in [-0.4, -0.2) is 19.3 Å². The van der Waals surface area contributed by atoms with Crippen molar-refractivity contribution < 1.29 is 0 Å². The molecular formula is C8H20IN. The zero-order valence-electron chi connectivity index (χ0n) is 7.58. The first-order chi connectivity index (χ1) is 4.54. The van der Waals surface area contributed by atoms with Crippen LogP contribution < -0.4 is 5.73 Å². The van der Waals surface area contributed by atoms with Crippen molar-refractivity contribution in [2.45, 2.75) is 30.6 Å². The summed E-state index contributed by atoms with van der Waals surface area (Å²) in [6, 6.07) is 0. The van der Waals surface area contributed by atoms with Gasteiger partial charge in [-0.3, -0.25) is 0 Å². The zero-order valence-corrected chi connectivity index (χ0v) is 9.73. The first kappa shape index (κ1) is 10.7. The molecule has 0 radical (unpaired) electrons. The van der Waals surface area contributed by atoms with E-state index in [2.05, 4.69) is 25.7 Å². The molecule has 0 aliphatic rings. The first-order valence-corrected chi connectivity index (χ1v) is 8.56. The number of hydrogen-bond donors (Lipinski definition) is 1. The van der Waals surface area contributed by atoms with Crippen LogP contribution in [0, 0.1) is 0 Å². The summed E-state index contributed by atoms with van der Waals surface area (Å²) in [5.74, 6) is 0. The molecule has 0 unspecified atom stereocenters. The van der Waals surface area contributed by atoms with Gasteiger partial charge in [0.05, 0.1) is 0 Å². The van der Waals surface area contributed by atoms with Gasteiger partial charge < -0.3 is 0 Å². The van der Waals surface area contributed by atoms with Crippen LogP contribution in [0.15, 0.2) is 0 Å². The minimum absolute atomic E-state index is 0.591. The fourth-order valence-electron chi connectivity index (χ4n) is 0.866. The number of alkyl halides is 3. The van der Waals surface area contributed by atoms with Crippen molar-refractivity contribution in [1.82, 2.24) is 0 Å². The van der Waals surface area contributed by atoms with Gasteiger partial charge in [-0.15, -0.1) is 0 Å². The molecule has 0 saturated heterocycles. The summed E-state index contributed by atoms with van der Waals surface area (Å²) in [7, 11) is 0. The molecule has 10 heavy (non-hydrogen) atoms. The van der Waals surface area contributed by atoms with Crippen LogP contribution in [0.5, 0.6) is 0 Å². The Morgan fingerprint density at radius 2 is 1.90 bits per heavy atom. The van der Waals surface area contributed by atoms with E-state index in [0.29, 0.717) is 3.42 Å². The second kappa shape index (κ2) is 4.54. The van der Waals surface area contributed by atoms with Gasteiger partial charge in [0.2, 0.25) is 0 Å². The molecule has 64 valence electrons. The average molecular weight is 257 g/mol. The summed E-state index contributed by atoms with van der Waals surface area (Å²) in [4.78, 5) is 2.46. The summed E-state index contributed by atoms with van der Waals surface area (Å²) in [6.45, 7) is 7.90. The van der Waals surface area contributed by atoms with E-state index in [9.17, 15) is 0 Å². The van der Waals surface area contributed by atoms with Crippen molar-refractivity contribution >= 4 is 19.8 Å². The monoisotopic (exact) mass is 257 g/mol. The van der Waals surface area contributed by atoms with Gasteiger partial charge in [-0.25, -0.2) is 0 Å². The third-order valence-corrected chi connectivity index (χ3v) is 9.83. The Kier molecular flexibility index (Phi) is 4.86. The molecule has 0 aromatic rings. The summed E-state index contributed by atoms with van der Waals surface area (Å²) in [6.07, 6.45) is 1.21. The fraction of sp³-hybridized carbons (Fsp3) is 1.00. The average Bonchev–Trinajstić information content (AvgIpc) is 1.86. The van der Waals surface area contributed by atoms with Crippen molar-refractivity contribution in [1.29, 1.82) is 0 Å². The van der Waals surface area contributed by atoms with Gasteiger partial charge in [0, 0.05) is 0 Å². The van der Waals surface area contributed by atoms with Crippen LogP contribution in [0.25, 0.3) is 0 Å². The standard InChI is InChI=1S/C8H20IN/c1-5-9(4)8(2,3)6-7-10/h5-7,10H2,1-4H3. The molecule has 2 heteroatoms. The van der Waals surface area contributed by atoms with E-state index in [-0.39, 0.29) is 0 Å². The van der Waals surface area contributed by atoms with Crippen molar-refractivity contribution in [3.8, 4) is 0 Å². The normalized spacial score (nSPS) is 13.5. The Balaban J connectivity index is 3.82. The van der Waals surface area contributed by atoms with Crippen LogP contribution in [0.1, 0.15) is 27.2 Å². The molecule has 0 spiro atoms. The van der Waals surface area contributed by atoms with Crippen molar-refractivity contribution in [3.63, 3.8) is 0 Å². The third kappa shape index (κ3) is 3.19. The Bertz CT molecular complexity index is 91.3. The quantitative estimate of drug-likeness (QED) is 0.606. The SMILES string of the molecule is CCI(C)C(C)(C)CCN. The number of nitrogens with two attached hydrogens (primary N) is 1. The Labute approximate surface area is 72.1 Å². The molecule has 0 aromatic heterocycles. The summed E-state index contributed by atoms with van der Waals surface area (Å²) in [5, 5.41) is 0. The van der Waals surface area contributed by atoms with E-state index in [0.717, 1.165) is 6.54 Å². The van der Waals surface area contributed by atoms with Gasteiger partial charge in [-0.2, -0.15) is 0 Å². The molecule has 2 N–H and O–H groups in total. The second-order valence-corrected chi connectivity index (χ2v) is 10.9. The summed E-state index contributed by atoms with van der Waals surface area (Å²) in [5.41, 5.74) is 5.53. The topological polar surface area (TPSA) is 26.0 Å². The van der Waals surface area contributed by atoms with Crippen LogP contribution in [0.2, 0.25) is 0 Å². The van der Waals surface area contributed by atoms with E-state index < -0.39 is 19.8 Å². The van der Waals surface area contributed by atoms with Gasteiger partial charge >= 0.3 is 72.1 Å². The molecule has 0 atom stereocenters. The first-order valence-electron chi connectivity index (χ1n) is 3.80. The molecule has 0 aromatic carbocycles. The van der Waals surface area contributed by atoms with Crippen molar-refractivity contribution in [3.05, 3.63) is 0 Å². The van der Waals surface area contributed by atoms with Crippen LogP contribution in [0.4, 0.5) is 0 Å². The second-order valence-electron chi connectivity index (χ2n) is 3.11. The number of rotatable bonds is 4. The van der Waals surface area contributed by atoms with E-state index in [1.54, 1.807) is 0 Å². The molecule has 0 saturated carbocycles. The Morgan fingerprint density at radius 1 is 1.40 bits per heavy atom. The summed E-state index contributed by atoms with van der Waals surface area (Å²) < 4.78 is 2.00. The Hall–Kier alpha value is 0.690. The van der Waals surface area contributed by atoms with Gasteiger partial charge in [0.1, 0.15) is 0 Å². The van der Waals surface area contributed by atoms with Gasteiger partial charge in [-0.1, -0.05) is 0 Å². The van der Waals surface area contributed by atoms with E-state index in [1.165, 1.54) is 10.8 Å². The molecule has 0 aliphatic carbocycles. The van der Waals surface area contributed by atoms with Crippen molar-refractivity contribution in [2.24, 2.45) is 5.73 Å². The molecule has 0 heterocycles. The Morgan fingerprint density at radius 3 is 2.20 bits per heavy atom. The maximum atomic E-state index is 5.53. The van der Waals surface area contributed by atoms with E-state index in [1.807, 2.05) is 0 Å². The van der Waals surface area contributed by atoms with Gasteiger partial charge in [0.25, 0.3) is 0 Å². The molecule has 1 nitrogen and oxygen atoms in total. The molecule has 0 rings (SSSR count). The molecule has 0 aliphatic heterocycles. The third-order valence-electron chi connectivity index (χ3n) is 2.01. The number of hydrogen-bond acceptors (Lipinski definition) is 1. The number of halogens is 1. The predicted molar refractivity (Wildman–Crippen MR) is 58.2 cm³/mol. The fourth-order valence-corrected chi connectivity index (χ4v) is 4.16. The van der Waals surface area contributed by atoms with Gasteiger partial charge in [0.15, 0.2) is 0 Å². The molecule has 0 fully saturated rings. The molecule has 0 bridgehead atoms. The predicted octanol–water partition coefficient (Wildman–Crippen LogP) is 2.27. The van der Waals surface area contributed by atoms with Crippen LogP contribution in [0.3, 0.4) is 0 Å².